The van der Waals surface area contributed by atoms with Crippen molar-refractivity contribution in [3.05, 3.63) is 34.9 Å². The summed E-state index contributed by atoms with van der Waals surface area (Å²) in [5, 5.41) is 0. The molecule has 0 bridgehead atoms. The molecule has 4 N–H and O–H groups in total. The van der Waals surface area contributed by atoms with Crippen LogP contribution in [0, 0.1) is 0 Å². The highest BCUT2D eigenvalue weighted by molar-refractivity contribution is 5.35. The van der Waals surface area contributed by atoms with E-state index < -0.39 is 0 Å². The van der Waals surface area contributed by atoms with Gasteiger partial charge in [0, 0.05) is 6.54 Å². The van der Waals surface area contributed by atoms with Gasteiger partial charge >= 0.3 is 0 Å². The van der Waals surface area contributed by atoms with Gasteiger partial charge in [-0.25, -0.2) is 0 Å². The van der Waals surface area contributed by atoms with Crippen molar-refractivity contribution in [2.75, 3.05) is 0 Å². The molecular weight excluding hydrogens is 162 g/mol. The molecular formula is C11H19NO. The third-order valence-corrected chi connectivity index (χ3v) is 2.32. The molecule has 0 heterocycles. The molecule has 0 aromatic heterocycles. The van der Waals surface area contributed by atoms with Gasteiger partial charge in [0.05, 0.1) is 0 Å². The van der Waals surface area contributed by atoms with Crippen LogP contribution in [0.2, 0.25) is 0 Å². The minimum atomic E-state index is 0. The van der Waals surface area contributed by atoms with E-state index in [9.17, 15) is 0 Å². The molecule has 0 aliphatic carbocycles. The summed E-state index contributed by atoms with van der Waals surface area (Å²) < 4.78 is 0. The largest absolute Gasteiger partial charge is 0.412 e. The second-order valence-electron chi connectivity index (χ2n) is 2.97. The Labute approximate surface area is 80.1 Å². The van der Waals surface area contributed by atoms with Gasteiger partial charge in [-0.05, 0) is 29.5 Å². The van der Waals surface area contributed by atoms with Crippen LogP contribution in [-0.2, 0) is 19.4 Å². The second-order valence-corrected chi connectivity index (χ2v) is 2.97. The fraction of sp³-hybridized carbons (Fsp3) is 0.455. The lowest BCUT2D eigenvalue weighted by atomic mass is 9.97. The molecule has 74 valence electrons. The molecule has 0 saturated heterocycles. The van der Waals surface area contributed by atoms with Gasteiger partial charge in [-0.15, -0.1) is 0 Å². The van der Waals surface area contributed by atoms with Gasteiger partial charge in [0.1, 0.15) is 0 Å². The van der Waals surface area contributed by atoms with Crippen LogP contribution in [0.15, 0.2) is 18.2 Å². The highest BCUT2D eigenvalue weighted by Gasteiger charge is 2.02. The molecule has 1 aromatic carbocycles. The standard InChI is InChI=1S/C11H17N.H2O/c1-3-9-6-5-7-10(8-12)11(9)4-2;/h5-7H,3-4,8,12H2,1-2H3;1H2. The van der Waals surface area contributed by atoms with E-state index in [1.807, 2.05) is 0 Å². The molecule has 1 aromatic rings. The van der Waals surface area contributed by atoms with Crippen molar-refractivity contribution >= 4 is 0 Å². The van der Waals surface area contributed by atoms with Crippen LogP contribution in [0.4, 0.5) is 0 Å². The van der Waals surface area contributed by atoms with E-state index in [0.717, 1.165) is 12.8 Å². The van der Waals surface area contributed by atoms with Crippen molar-refractivity contribution in [3.8, 4) is 0 Å². The van der Waals surface area contributed by atoms with Gasteiger partial charge < -0.3 is 11.2 Å². The van der Waals surface area contributed by atoms with Crippen LogP contribution in [0.3, 0.4) is 0 Å². The fourth-order valence-corrected chi connectivity index (χ4v) is 1.66. The number of aryl methyl sites for hydroxylation is 1. The smallest absolute Gasteiger partial charge is 0.0180 e. The van der Waals surface area contributed by atoms with E-state index in [1.54, 1.807) is 0 Å². The number of hydrogen-bond acceptors (Lipinski definition) is 1. The van der Waals surface area contributed by atoms with Gasteiger partial charge in [-0.2, -0.15) is 0 Å². The van der Waals surface area contributed by atoms with Gasteiger partial charge in [0.2, 0.25) is 0 Å². The summed E-state index contributed by atoms with van der Waals surface area (Å²) >= 11 is 0. The van der Waals surface area contributed by atoms with E-state index in [-0.39, 0.29) is 5.48 Å². The predicted octanol–water partition coefficient (Wildman–Crippen LogP) is 1.45. The molecule has 1 rings (SSSR count). The Kier molecular flexibility index (Phi) is 5.35. The summed E-state index contributed by atoms with van der Waals surface area (Å²) in [5.74, 6) is 0. The summed E-state index contributed by atoms with van der Waals surface area (Å²) in [6, 6.07) is 6.41. The first-order valence-corrected chi connectivity index (χ1v) is 4.63. The van der Waals surface area contributed by atoms with Gasteiger partial charge in [0.25, 0.3) is 0 Å². The first kappa shape index (κ1) is 12.1. The average molecular weight is 181 g/mol. The van der Waals surface area contributed by atoms with E-state index in [2.05, 4.69) is 32.0 Å². The molecule has 13 heavy (non-hydrogen) atoms. The molecule has 0 aliphatic heterocycles. The summed E-state index contributed by atoms with van der Waals surface area (Å²) in [7, 11) is 0. The zero-order valence-electron chi connectivity index (χ0n) is 8.43. The zero-order chi connectivity index (χ0) is 8.97. The lowest BCUT2D eigenvalue weighted by Crippen LogP contribution is -2.03. The molecule has 0 unspecified atom stereocenters. The lowest BCUT2D eigenvalue weighted by molar-refractivity contribution is 0.824. The molecule has 0 spiro atoms. The normalized spacial score (nSPS) is 9.46. The zero-order valence-corrected chi connectivity index (χ0v) is 8.43. The summed E-state index contributed by atoms with van der Waals surface area (Å²) in [4.78, 5) is 0. The van der Waals surface area contributed by atoms with Crippen LogP contribution >= 0.6 is 0 Å². The average Bonchev–Trinajstić information content (AvgIpc) is 2.16. The minimum absolute atomic E-state index is 0. The first-order chi connectivity index (χ1) is 5.83. The first-order valence-electron chi connectivity index (χ1n) is 4.63. The minimum Gasteiger partial charge on any atom is -0.412 e. The van der Waals surface area contributed by atoms with Crippen molar-refractivity contribution in [2.45, 2.75) is 33.2 Å². The number of rotatable bonds is 3. The Hall–Kier alpha value is -0.860. The van der Waals surface area contributed by atoms with E-state index >= 15 is 0 Å². The van der Waals surface area contributed by atoms with Gasteiger partial charge in [-0.3, -0.25) is 0 Å². The maximum absolute atomic E-state index is 5.65. The Morgan fingerprint density at radius 3 is 2.15 bits per heavy atom. The van der Waals surface area contributed by atoms with Crippen molar-refractivity contribution < 1.29 is 5.48 Å². The van der Waals surface area contributed by atoms with E-state index in [1.165, 1.54) is 16.7 Å². The molecule has 0 amide bonds. The molecule has 0 aliphatic rings. The second kappa shape index (κ2) is 5.73. The van der Waals surface area contributed by atoms with Crippen molar-refractivity contribution in [2.24, 2.45) is 5.73 Å². The maximum Gasteiger partial charge on any atom is 0.0180 e. The van der Waals surface area contributed by atoms with Crippen LogP contribution in [-0.4, -0.2) is 5.48 Å². The fourth-order valence-electron chi connectivity index (χ4n) is 1.66. The maximum atomic E-state index is 5.65. The quantitative estimate of drug-likeness (QED) is 0.753. The van der Waals surface area contributed by atoms with Gasteiger partial charge in [0.15, 0.2) is 0 Å². The highest BCUT2D eigenvalue weighted by Crippen LogP contribution is 2.15. The Bertz CT molecular complexity index is 236. The van der Waals surface area contributed by atoms with E-state index in [0.29, 0.717) is 6.54 Å². The van der Waals surface area contributed by atoms with Crippen molar-refractivity contribution in [3.63, 3.8) is 0 Å². The number of nitrogens with two attached hydrogens (primary N) is 1. The summed E-state index contributed by atoms with van der Waals surface area (Å²) in [5.41, 5.74) is 9.84. The highest BCUT2D eigenvalue weighted by atomic mass is 16.0. The predicted molar refractivity (Wildman–Crippen MR) is 56.7 cm³/mol. The van der Waals surface area contributed by atoms with Crippen LogP contribution in [0.5, 0.6) is 0 Å². The Morgan fingerprint density at radius 1 is 1.08 bits per heavy atom. The summed E-state index contributed by atoms with van der Waals surface area (Å²) in [6.45, 7) is 5.04. The van der Waals surface area contributed by atoms with Gasteiger partial charge in [-0.1, -0.05) is 32.0 Å². The van der Waals surface area contributed by atoms with Crippen LogP contribution in [0.25, 0.3) is 0 Å². The topological polar surface area (TPSA) is 57.5 Å². The SMILES string of the molecule is CCc1cccc(CN)c1CC.O. The van der Waals surface area contributed by atoms with Crippen molar-refractivity contribution in [1.82, 2.24) is 0 Å². The van der Waals surface area contributed by atoms with E-state index in [4.69, 9.17) is 5.73 Å². The lowest BCUT2D eigenvalue weighted by Gasteiger charge is -2.10. The number of hydrogen-bond donors (Lipinski definition) is 1. The summed E-state index contributed by atoms with van der Waals surface area (Å²) in [6.07, 6.45) is 2.20. The molecule has 0 atom stereocenters. The Balaban J connectivity index is 0.00000144. The van der Waals surface area contributed by atoms with Crippen LogP contribution < -0.4 is 5.73 Å². The molecule has 2 heteroatoms. The van der Waals surface area contributed by atoms with Crippen molar-refractivity contribution in [1.29, 1.82) is 0 Å². The third-order valence-electron chi connectivity index (χ3n) is 2.32. The Morgan fingerprint density at radius 2 is 1.69 bits per heavy atom. The number of benzene rings is 1. The molecule has 0 radical (unpaired) electrons. The molecule has 0 saturated carbocycles. The van der Waals surface area contributed by atoms with Crippen LogP contribution in [0.1, 0.15) is 30.5 Å². The monoisotopic (exact) mass is 181 g/mol. The molecule has 2 nitrogen and oxygen atoms in total. The molecule has 0 fully saturated rings. The third kappa shape index (κ3) is 2.54.